The Kier molecular flexibility index (Phi) is 6.89. The third-order valence-corrected chi connectivity index (χ3v) is 2.77. The van der Waals surface area contributed by atoms with E-state index in [1.807, 2.05) is 0 Å². The summed E-state index contributed by atoms with van der Waals surface area (Å²) in [6.45, 7) is 3.82. The second-order valence-electron chi connectivity index (χ2n) is 4.70. The fourth-order valence-electron chi connectivity index (χ4n) is 1.40. The van der Waals surface area contributed by atoms with Gasteiger partial charge in [-0.25, -0.2) is 4.79 Å². The summed E-state index contributed by atoms with van der Waals surface area (Å²) < 4.78 is 0. The summed E-state index contributed by atoms with van der Waals surface area (Å²) >= 11 is 0. The minimum Gasteiger partial charge on any atom is -0.481 e. The number of urea groups is 1. The molecule has 7 heteroatoms. The van der Waals surface area contributed by atoms with Gasteiger partial charge in [-0.2, -0.15) is 0 Å². The molecule has 0 aromatic carbocycles. The summed E-state index contributed by atoms with van der Waals surface area (Å²) in [4.78, 5) is 38.5. The van der Waals surface area contributed by atoms with E-state index in [0.717, 1.165) is 0 Å². The molecule has 0 heterocycles. The van der Waals surface area contributed by atoms with Gasteiger partial charge in [0.05, 0.1) is 5.92 Å². The Labute approximate surface area is 113 Å². The predicted molar refractivity (Wildman–Crippen MR) is 70.8 cm³/mol. The van der Waals surface area contributed by atoms with Crippen LogP contribution < -0.4 is 0 Å². The van der Waals surface area contributed by atoms with Crippen molar-refractivity contribution in [1.82, 2.24) is 14.7 Å². The maximum atomic E-state index is 12.1. The second kappa shape index (κ2) is 7.60. The number of carbonyl (C=O) groups is 3. The van der Waals surface area contributed by atoms with Crippen LogP contribution in [0.3, 0.4) is 0 Å². The minimum atomic E-state index is -0.946. The van der Waals surface area contributed by atoms with Gasteiger partial charge < -0.3 is 19.8 Å². The van der Waals surface area contributed by atoms with Gasteiger partial charge in [-0.1, -0.05) is 6.92 Å². The largest absolute Gasteiger partial charge is 0.481 e. The Bertz CT molecular complexity index is 344. The number of hydrogen-bond donors (Lipinski definition) is 1. The average molecular weight is 273 g/mol. The molecule has 0 aliphatic rings. The molecule has 19 heavy (non-hydrogen) atoms. The van der Waals surface area contributed by atoms with Crippen LogP contribution in [0.1, 0.15) is 13.8 Å². The molecular formula is C12H23N3O4. The van der Waals surface area contributed by atoms with Crippen molar-refractivity contribution >= 4 is 17.9 Å². The number of carboxylic acids is 1. The van der Waals surface area contributed by atoms with Crippen LogP contribution in [0.15, 0.2) is 0 Å². The quantitative estimate of drug-likeness (QED) is 0.748. The van der Waals surface area contributed by atoms with Crippen molar-refractivity contribution in [2.24, 2.45) is 5.92 Å². The second-order valence-corrected chi connectivity index (χ2v) is 4.70. The van der Waals surface area contributed by atoms with Gasteiger partial charge in [0, 0.05) is 34.2 Å². The standard InChI is InChI=1S/C12H23N3O4/c1-6-15(7-9(2)11(17)18)12(19)14(5)8-10(16)13(3)4/h9H,6-8H2,1-5H3,(H,17,18). The van der Waals surface area contributed by atoms with Crippen molar-refractivity contribution < 1.29 is 19.5 Å². The molecule has 0 radical (unpaired) electrons. The smallest absolute Gasteiger partial charge is 0.320 e. The lowest BCUT2D eigenvalue weighted by Gasteiger charge is -2.28. The lowest BCUT2D eigenvalue weighted by molar-refractivity contribution is -0.141. The Morgan fingerprint density at radius 2 is 1.68 bits per heavy atom. The molecule has 0 spiro atoms. The normalized spacial score (nSPS) is 11.6. The third-order valence-electron chi connectivity index (χ3n) is 2.77. The SMILES string of the molecule is CCN(CC(C)C(=O)O)C(=O)N(C)CC(=O)N(C)C. The number of rotatable bonds is 6. The zero-order valence-electron chi connectivity index (χ0n) is 12.2. The van der Waals surface area contributed by atoms with Crippen molar-refractivity contribution in [3.8, 4) is 0 Å². The molecule has 0 saturated heterocycles. The molecule has 0 aromatic heterocycles. The molecule has 0 saturated carbocycles. The van der Waals surface area contributed by atoms with Crippen LogP contribution in [0.2, 0.25) is 0 Å². The molecule has 7 nitrogen and oxygen atoms in total. The molecule has 1 unspecified atom stereocenters. The Hall–Kier alpha value is -1.79. The topological polar surface area (TPSA) is 81.2 Å². The van der Waals surface area contributed by atoms with Gasteiger partial charge in [-0.3, -0.25) is 9.59 Å². The van der Waals surface area contributed by atoms with E-state index in [1.165, 1.54) is 21.7 Å². The van der Waals surface area contributed by atoms with Crippen LogP contribution in [-0.4, -0.2) is 78.5 Å². The molecule has 110 valence electrons. The van der Waals surface area contributed by atoms with E-state index in [2.05, 4.69) is 0 Å². The number of aliphatic carboxylic acids is 1. The van der Waals surface area contributed by atoms with Crippen LogP contribution in [0.25, 0.3) is 0 Å². The maximum Gasteiger partial charge on any atom is 0.320 e. The predicted octanol–water partition coefficient (Wildman–Crippen LogP) is 0.169. The molecular weight excluding hydrogens is 250 g/mol. The van der Waals surface area contributed by atoms with Crippen molar-refractivity contribution in [1.29, 1.82) is 0 Å². The fourth-order valence-corrected chi connectivity index (χ4v) is 1.40. The van der Waals surface area contributed by atoms with Crippen LogP contribution >= 0.6 is 0 Å². The first-order chi connectivity index (χ1) is 8.70. The highest BCUT2D eigenvalue weighted by Crippen LogP contribution is 2.04. The van der Waals surface area contributed by atoms with E-state index >= 15 is 0 Å². The van der Waals surface area contributed by atoms with Crippen molar-refractivity contribution in [3.05, 3.63) is 0 Å². The molecule has 1 atom stereocenters. The highest BCUT2D eigenvalue weighted by Gasteiger charge is 2.23. The molecule has 0 aliphatic carbocycles. The zero-order chi connectivity index (χ0) is 15.2. The van der Waals surface area contributed by atoms with E-state index in [1.54, 1.807) is 27.9 Å². The number of hydrogen-bond acceptors (Lipinski definition) is 3. The van der Waals surface area contributed by atoms with Gasteiger partial charge >= 0.3 is 12.0 Å². The van der Waals surface area contributed by atoms with Gasteiger partial charge in [0.2, 0.25) is 5.91 Å². The van der Waals surface area contributed by atoms with Crippen molar-refractivity contribution in [2.45, 2.75) is 13.8 Å². The van der Waals surface area contributed by atoms with E-state index < -0.39 is 11.9 Å². The zero-order valence-corrected chi connectivity index (χ0v) is 12.2. The number of carbonyl (C=O) groups excluding carboxylic acids is 2. The number of likely N-dealkylation sites (N-methyl/N-ethyl adjacent to an activating group) is 2. The lowest BCUT2D eigenvalue weighted by atomic mass is 10.2. The first kappa shape index (κ1) is 17.2. The summed E-state index contributed by atoms with van der Waals surface area (Å²) in [6, 6.07) is -0.342. The molecule has 0 aliphatic heterocycles. The summed E-state index contributed by atoms with van der Waals surface area (Å²) in [6.07, 6.45) is 0. The summed E-state index contributed by atoms with van der Waals surface area (Å²) in [5, 5.41) is 8.85. The number of carboxylic acid groups (broad SMARTS) is 1. The summed E-state index contributed by atoms with van der Waals surface area (Å²) in [7, 11) is 4.76. The third kappa shape index (κ3) is 5.58. The van der Waals surface area contributed by atoms with E-state index in [4.69, 9.17) is 5.11 Å². The van der Waals surface area contributed by atoms with Crippen molar-refractivity contribution in [2.75, 3.05) is 40.8 Å². The molecule has 0 rings (SSSR count). The summed E-state index contributed by atoms with van der Waals surface area (Å²) in [5.74, 6) is -1.77. The highest BCUT2D eigenvalue weighted by atomic mass is 16.4. The Morgan fingerprint density at radius 1 is 1.16 bits per heavy atom. The first-order valence-corrected chi connectivity index (χ1v) is 6.13. The summed E-state index contributed by atoms with van der Waals surface area (Å²) in [5.41, 5.74) is 0. The van der Waals surface area contributed by atoms with Crippen LogP contribution in [0, 0.1) is 5.92 Å². The van der Waals surface area contributed by atoms with Crippen LogP contribution in [0.5, 0.6) is 0 Å². The average Bonchev–Trinajstić information content (AvgIpc) is 2.34. The molecule has 0 bridgehead atoms. The van der Waals surface area contributed by atoms with E-state index in [9.17, 15) is 14.4 Å². The first-order valence-electron chi connectivity index (χ1n) is 6.13. The molecule has 0 aromatic rings. The van der Waals surface area contributed by atoms with Gasteiger partial charge in [-0.15, -0.1) is 0 Å². The molecule has 3 amide bonds. The van der Waals surface area contributed by atoms with Gasteiger partial charge in [0.15, 0.2) is 0 Å². The van der Waals surface area contributed by atoms with Crippen molar-refractivity contribution in [3.63, 3.8) is 0 Å². The van der Waals surface area contributed by atoms with E-state index in [0.29, 0.717) is 6.54 Å². The highest BCUT2D eigenvalue weighted by molar-refractivity contribution is 5.84. The van der Waals surface area contributed by atoms with E-state index in [-0.39, 0.29) is 25.0 Å². The van der Waals surface area contributed by atoms with Gasteiger partial charge in [0.1, 0.15) is 6.54 Å². The van der Waals surface area contributed by atoms with Gasteiger partial charge in [-0.05, 0) is 6.92 Å². The van der Waals surface area contributed by atoms with Crippen LogP contribution in [-0.2, 0) is 9.59 Å². The monoisotopic (exact) mass is 273 g/mol. The maximum absolute atomic E-state index is 12.1. The number of nitrogens with zero attached hydrogens (tertiary/aromatic N) is 3. The number of amides is 3. The molecule has 0 fully saturated rings. The lowest BCUT2D eigenvalue weighted by Crippen LogP contribution is -2.47. The van der Waals surface area contributed by atoms with Gasteiger partial charge in [0.25, 0.3) is 0 Å². The van der Waals surface area contributed by atoms with Crippen LogP contribution in [0.4, 0.5) is 4.79 Å². The molecule has 1 N–H and O–H groups in total. The Balaban J connectivity index is 4.57. The fraction of sp³-hybridized carbons (Fsp3) is 0.750. The Morgan fingerprint density at radius 3 is 2.05 bits per heavy atom. The minimum absolute atomic E-state index is 0.0240.